The zero-order chi connectivity index (χ0) is 45.0. The fraction of sp³-hybridized carbons (Fsp3) is 0.0156. The number of benzene rings is 10. The van der Waals surface area contributed by atoms with E-state index in [2.05, 4.69) is 237 Å². The van der Waals surface area contributed by atoms with Crippen LogP contribution in [-0.2, 0) is 5.41 Å². The minimum absolute atomic E-state index is 0.533. The topological polar surface area (TPSA) is 51.8 Å². The first-order valence-electron chi connectivity index (χ1n) is 23.1. The smallest absolute Gasteiger partial charge is 0.164 e. The van der Waals surface area contributed by atoms with E-state index in [1.165, 1.54) is 27.8 Å². The maximum absolute atomic E-state index is 6.91. The van der Waals surface area contributed by atoms with Crippen molar-refractivity contribution in [3.05, 3.63) is 271 Å². The van der Waals surface area contributed by atoms with Crippen molar-refractivity contribution in [1.29, 1.82) is 0 Å². The van der Waals surface area contributed by atoms with Crippen molar-refractivity contribution in [3.8, 4) is 78.7 Å². The fourth-order valence-electron chi connectivity index (χ4n) is 10.5. The predicted octanol–water partition coefficient (Wildman–Crippen LogP) is 16.1. The number of nitrogens with zero attached hydrogens (tertiary/aromatic N) is 3. The molecule has 1 aliphatic carbocycles. The number of fused-ring (bicyclic) bond motifs is 6. The summed E-state index contributed by atoms with van der Waals surface area (Å²) < 4.78 is 6.91. The molecule has 0 bridgehead atoms. The van der Waals surface area contributed by atoms with Crippen molar-refractivity contribution in [2.24, 2.45) is 0 Å². The van der Waals surface area contributed by atoms with Gasteiger partial charge in [0.1, 0.15) is 11.2 Å². The van der Waals surface area contributed by atoms with Gasteiger partial charge in [0.05, 0.1) is 5.41 Å². The van der Waals surface area contributed by atoms with Crippen LogP contribution in [0, 0.1) is 0 Å². The summed E-state index contributed by atoms with van der Waals surface area (Å²) in [6, 6.07) is 88.0. The first kappa shape index (κ1) is 39.4. The minimum Gasteiger partial charge on any atom is -0.456 e. The Morgan fingerprint density at radius 3 is 1.29 bits per heavy atom. The minimum atomic E-state index is -0.533. The van der Waals surface area contributed by atoms with Crippen molar-refractivity contribution in [3.63, 3.8) is 0 Å². The van der Waals surface area contributed by atoms with Gasteiger partial charge in [0.15, 0.2) is 17.5 Å². The number of hydrogen-bond donors (Lipinski definition) is 0. The van der Waals surface area contributed by atoms with Gasteiger partial charge >= 0.3 is 0 Å². The van der Waals surface area contributed by atoms with Crippen LogP contribution in [0.3, 0.4) is 0 Å². The Morgan fingerprint density at radius 2 is 0.721 bits per heavy atom. The van der Waals surface area contributed by atoms with E-state index >= 15 is 0 Å². The summed E-state index contributed by atoms with van der Waals surface area (Å²) in [7, 11) is 0. The second-order valence-electron chi connectivity index (χ2n) is 17.4. The van der Waals surface area contributed by atoms with E-state index < -0.39 is 5.41 Å². The Bertz CT molecular complexity index is 3680. The monoisotopic (exact) mass is 867 g/mol. The van der Waals surface area contributed by atoms with Crippen LogP contribution in [0.15, 0.2) is 253 Å². The molecule has 13 rings (SSSR count). The number of aromatic nitrogens is 3. The maximum atomic E-state index is 6.91. The molecule has 0 unspecified atom stereocenters. The van der Waals surface area contributed by atoms with E-state index in [9.17, 15) is 0 Å². The van der Waals surface area contributed by atoms with Crippen LogP contribution in [0.5, 0.6) is 0 Å². The van der Waals surface area contributed by atoms with Crippen molar-refractivity contribution in [2.75, 3.05) is 0 Å². The molecular formula is C64H41N3O. The van der Waals surface area contributed by atoms with Crippen LogP contribution < -0.4 is 0 Å². The van der Waals surface area contributed by atoms with Gasteiger partial charge in [-0.25, -0.2) is 15.0 Å². The average Bonchev–Trinajstić information content (AvgIpc) is 3.95. The molecule has 0 radical (unpaired) electrons. The molecule has 0 N–H and O–H groups in total. The van der Waals surface area contributed by atoms with Gasteiger partial charge in [0, 0.05) is 27.5 Å². The lowest BCUT2D eigenvalue weighted by Gasteiger charge is -2.33. The predicted molar refractivity (Wildman–Crippen MR) is 277 cm³/mol. The molecule has 4 heteroatoms. The van der Waals surface area contributed by atoms with Gasteiger partial charge in [-0.05, 0) is 78.9 Å². The van der Waals surface area contributed by atoms with E-state index in [1.807, 2.05) is 12.1 Å². The molecule has 12 aromatic rings. The summed E-state index contributed by atoms with van der Waals surface area (Å²) in [6.45, 7) is 0. The third-order valence-corrected chi connectivity index (χ3v) is 13.7. The third kappa shape index (κ3) is 6.41. The van der Waals surface area contributed by atoms with Gasteiger partial charge in [0.25, 0.3) is 0 Å². The average molecular weight is 868 g/mol. The fourth-order valence-corrected chi connectivity index (χ4v) is 10.5. The molecule has 2 heterocycles. The summed E-state index contributed by atoms with van der Waals surface area (Å²) in [5.41, 5.74) is 17.9. The van der Waals surface area contributed by atoms with Gasteiger partial charge in [-0.1, -0.05) is 237 Å². The lowest BCUT2D eigenvalue weighted by molar-refractivity contribution is 0.665. The van der Waals surface area contributed by atoms with Gasteiger partial charge in [-0.3, -0.25) is 0 Å². The van der Waals surface area contributed by atoms with E-state index in [0.29, 0.717) is 17.5 Å². The molecule has 0 amide bonds. The zero-order valence-electron chi connectivity index (χ0n) is 36.9. The highest BCUT2D eigenvalue weighted by Crippen LogP contribution is 2.56. The van der Waals surface area contributed by atoms with Crippen molar-refractivity contribution in [1.82, 2.24) is 15.0 Å². The highest BCUT2D eigenvalue weighted by molar-refractivity contribution is 6.14. The molecule has 0 atom stereocenters. The first-order chi connectivity index (χ1) is 33.7. The summed E-state index contributed by atoms with van der Waals surface area (Å²) >= 11 is 0. The molecule has 10 aromatic carbocycles. The van der Waals surface area contributed by atoms with E-state index in [0.717, 1.165) is 77.6 Å². The molecule has 2 aromatic heterocycles. The van der Waals surface area contributed by atoms with Gasteiger partial charge < -0.3 is 4.42 Å². The molecular weight excluding hydrogens is 827 g/mol. The first-order valence-corrected chi connectivity index (χ1v) is 23.1. The van der Waals surface area contributed by atoms with Crippen LogP contribution in [0.2, 0.25) is 0 Å². The van der Waals surface area contributed by atoms with Crippen LogP contribution in [0.25, 0.3) is 101 Å². The highest BCUT2D eigenvalue weighted by Gasteiger charge is 2.46. The van der Waals surface area contributed by atoms with Crippen molar-refractivity contribution >= 4 is 21.9 Å². The molecule has 0 fully saturated rings. The van der Waals surface area contributed by atoms with Crippen LogP contribution in [0.1, 0.15) is 22.3 Å². The molecule has 0 saturated heterocycles. The second kappa shape index (κ2) is 16.2. The summed E-state index contributed by atoms with van der Waals surface area (Å²) in [6.07, 6.45) is 0. The Hall–Kier alpha value is -8.99. The highest BCUT2D eigenvalue weighted by atomic mass is 16.3. The third-order valence-electron chi connectivity index (χ3n) is 13.7. The summed E-state index contributed by atoms with van der Waals surface area (Å²) in [5, 5.41) is 2.09. The van der Waals surface area contributed by atoms with Gasteiger partial charge in [-0.15, -0.1) is 0 Å². The largest absolute Gasteiger partial charge is 0.456 e. The molecule has 318 valence electrons. The molecule has 4 nitrogen and oxygen atoms in total. The Balaban J connectivity index is 0.966. The zero-order valence-corrected chi connectivity index (χ0v) is 36.9. The van der Waals surface area contributed by atoms with Gasteiger partial charge in [0.2, 0.25) is 0 Å². The molecule has 1 aliphatic rings. The van der Waals surface area contributed by atoms with Crippen molar-refractivity contribution in [2.45, 2.75) is 5.41 Å². The summed E-state index contributed by atoms with van der Waals surface area (Å²) in [5.74, 6) is 1.80. The van der Waals surface area contributed by atoms with E-state index in [4.69, 9.17) is 19.4 Å². The molecule has 0 spiro atoms. The van der Waals surface area contributed by atoms with Crippen LogP contribution >= 0.6 is 0 Å². The molecule has 0 saturated carbocycles. The Labute approximate surface area is 394 Å². The van der Waals surface area contributed by atoms with E-state index in [1.54, 1.807) is 0 Å². The van der Waals surface area contributed by atoms with Crippen molar-refractivity contribution < 1.29 is 4.42 Å². The molecule has 68 heavy (non-hydrogen) atoms. The summed E-state index contributed by atoms with van der Waals surface area (Å²) in [4.78, 5) is 15.7. The van der Waals surface area contributed by atoms with Crippen LogP contribution in [0.4, 0.5) is 0 Å². The lowest BCUT2D eigenvalue weighted by Crippen LogP contribution is -2.28. The standard InChI is InChI=1S/C64H41N3O/c1-4-17-42(18-5-1)44-31-35-46(36-32-44)61-65-62(47-37-33-45(34-38-47)43-19-6-2-7-20-43)67-63(66-61)54-26-11-10-23-50(54)53-27-16-30-58-60(53)55-40-39-49(41-59(55)68-58)64(48-21-8-3-9-22-48)56-28-14-12-24-51(56)52-25-13-15-29-57(52)64/h1-41H. The quantitative estimate of drug-likeness (QED) is 0.153. The number of rotatable bonds is 8. The molecule has 0 aliphatic heterocycles. The number of furan rings is 1. The lowest BCUT2D eigenvalue weighted by atomic mass is 9.67. The normalized spacial score (nSPS) is 12.5. The number of hydrogen-bond acceptors (Lipinski definition) is 4. The SMILES string of the molecule is c1ccc(-c2ccc(-c3nc(-c4ccc(-c5ccccc5)cc4)nc(-c4ccccc4-c4cccc5oc6cc(C7(c8ccccc8)c8ccccc8-c8ccccc87)ccc6c45)n3)cc2)cc1. The Morgan fingerprint density at radius 1 is 0.279 bits per heavy atom. The second-order valence-corrected chi connectivity index (χ2v) is 17.4. The maximum Gasteiger partial charge on any atom is 0.164 e. The van der Waals surface area contributed by atoms with Gasteiger partial charge in [-0.2, -0.15) is 0 Å². The van der Waals surface area contributed by atoms with Crippen LogP contribution in [-0.4, -0.2) is 15.0 Å². The van der Waals surface area contributed by atoms with E-state index in [-0.39, 0.29) is 0 Å². The Kier molecular flexibility index (Phi) is 9.36.